The normalized spacial score (nSPS) is 10.5. The molecule has 1 aromatic rings. The van der Waals surface area contributed by atoms with Gasteiger partial charge in [-0.15, -0.1) is 0 Å². The maximum Gasteiger partial charge on any atom is 0.159 e. The number of hydrogen-bond acceptors (Lipinski definition) is 3. The fourth-order valence-corrected chi connectivity index (χ4v) is 1.47. The first-order valence-corrected chi connectivity index (χ1v) is 5.12. The molecule has 0 aliphatic rings. The Kier molecular flexibility index (Phi) is 4.46. The van der Waals surface area contributed by atoms with Crippen LogP contribution in [0, 0.1) is 0 Å². The lowest BCUT2D eigenvalue weighted by Gasteiger charge is -2.07. The zero-order chi connectivity index (χ0) is 10.4. The molecular weight excluding hydrogens is 178 g/mol. The molecule has 0 saturated heterocycles. The van der Waals surface area contributed by atoms with Gasteiger partial charge in [-0.2, -0.15) is 5.10 Å². The zero-order valence-electron chi connectivity index (χ0n) is 9.21. The molecule has 0 aliphatic carbocycles. The van der Waals surface area contributed by atoms with Crippen LogP contribution in [0.3, 0.4) is 0 Å². The minimum Gasteiger partial charge on any atom is -0.493 e. The summed E-state index contributed by atoms with van der Waals surface area (Å²) < 4.78 is 7.23. The van der Waals surface area contributed by atoms with E-state index in [4.69, 9.17) is 4.74 Å². The van der Waals surface area contributed by atoms with Crippen LogP contribution in [0.5, 0.6) is 5.75 Å². The average Bonchev–Trinajstić information content (AvgIpc) is 2.60. The van der Waals surface area contributed by atoms with E-state index in [2.05, 4.69) is 24.3 Å². The van der Waals surface area contributed by atoms with Crippen molar-refractivity contribution in [3.63, 3.8) is 0 Å². The largest absolute Gasteiger partial charge is 0.493 e. The van der Waals surface area contributed by atoms with Gasteiger partial charge in [-0.25, -0.2) is 0 Å². The second kappa shape index (κ2) is 5.65. The predicted octanol–water partition coefficient (Wildman–Crippen LogP) is 1.06. The quantitative estimate of drug-likeness (QED) is 0.693. The van der Waals surface area contributed by atoms with Crippen molar-refractivity contribution in [2.75, 3.05) is 20.2 Å². The summed E-state index contributed by atoms with van der Waals surface area (Å²) in [6.07, 6.45) is 2.75. The summed E-state index contributed by atoms with van der Waals surface area (Å²) >= 11 is 0. The Hall–Kier alpha value is -1.03. The summed E-state index contributed by atoms with van der Waals surface area (Å²) in [7, 11) is 1.69. The van der Waals surface area contributed by atoms with E-state index in [9.17, 15) is 0 Å². The van der Waals surface area contributed by atoms with Crippen molar-refractivity contribution in [1.29, 1.82) is 0 Å². The van der Waals surface area contributed by atoms with Gasteiger partial charge in [-0.1, -0.05) is 6.92 Å². The fourth-order valence-electron chi connectivity index (χ4n) is 1.47. The summed E-state index contributed by atoms with van der Waals surface area (Å²) in [6.45, 7) is 7.06. The maximum atomic E-state index is 5.25. The highest BCUT2D eigenvalue weighted by Crippen LogP contribution is 2.17. The first-order chi connectivity index (χ1) is 6.83. The van der Waals surface area contributed by atoms with E-state index in [1.807, 2.05) is 4.68 Å². The second-order valence-electron chi connectivity index (χ2n) is 3.08. The van der Waals surface area contributed by atoms with Crippen molar-refractivity contribution < 1.29 is 4.74 Å². The molecule has 1 aromatic heterocycles. The molecule has 0 spiro atoms. The molecule has 0 atom stereocenters. The number of likely N-dealkylation sites (N-methyl/N-ethyl adjacent to an activating group) is 1. The number of methoxy groups -OCH3 is 1. The Balaban J connectivity index is 2.65. The van der Waals surface area contributed by atoms with Crippen LogP contribution in [-0.4, -0.2) is 30.0 Å². The number of rotatable bonds is 6. The molecule has 0 fully saturated rings. The molecule has 1 heterocycles. The van der Waals surface area contributed by atoms with Crippen molar-refractivity contribution >= 4 is 0 Å². The van der Waals surface area contributed by atoms with E-state index < -0.39 is 0 Å². The Morgan fingerprint density at radius 1 is 1.50 bits per heavy atom. The van der Waals surface area contributed by atoms with E-state index in [0.29, 0.717) is 0 Å². The van der Waals surface area contributed by atoms with Gasteiger partial charge >= 0.3 is 0 Å². The van der Waals surface area contributed by atoms with Crippen molar-refractivity contribution in [1.82, 2.24) is 15.1 Å². The lowest BCUT2D eigenvalue weighted by molar-refractivity contribution is 0.406. The number of aryl methyl sites for hydroxylation is 1. The molecule has 0 aliphatic heterocycles. The summed E-state index contributed by atoms with van der Waals surface area (Å²) in [6, 6.07) is 0. The van der Waals surface area contributed by atoms with Crippen molar-refractivity contribution in [3.8, 4) is 5.75 Å². The predicted molar refractivity (Wildman–Crippen MR) is 56.7 cm³/mol. The van der Waals surface area contributed by atoms with Gasteiger partial charge in [0.05, 0.1) is 19.0 Å². The fraction of sp³-hybridized carbons (Fsp3) is 0.700. The van der Waals surface area contributed by atoms with E-state index in [0.717, 1.165) is 31.8 Å². The van der Waals surface area contributed by atoms with Crippen LogP contribution >= 0.6 is 0 Å². The highest BCUT2D eigenvalue weighted by Gasteiger charge is 2.08. The van der Waals surface area contributed by atoms with Gasteiger partial charge in [-0.3, -0.25) is 4.68 Å². The van der Waals surface area contributed by atoms with Crippen LogP contribution in [0.25, 0.3) is 0 Å². The average molecular weight is 197 g/mol. The third kappa shape index (κ3) is 2.48. The third-order valence-electron chi connectivity index (χ3n) is 2.22. The van der Waals surface area contributed by atoms with Crippen molar-refractivity contribution in [2.24, 2.45) is 0 Å². The van der Waals surface area contributed by atoms with Gasteiger partial charge in [0.1, 0.15) is 0 Å². The number of ether oxygens (including phenoxy) is 1. The topological polar surface area (TPSA) is 39.1 Å². The van der Waals surface area contributed by atoms with Crippen LogP contribution < -0.4 is 10.1 Å². The van der Waals surface area contributed by atoms with Crippen LogP contribution in [0.2, 0.25) is 0 Å². The highest BCUT2D eigenvalue weighted by atomic mass is 16.5. The SMILES string of the molecule is CCNCCc1c(OC)cnn1CC. The summed E-state index contributed by atoms with van der Waals surface area (Å²) in [5.74, 6) is 0.893. The second-order valence-corrected chi connectivity index (χ2v) is 3.08. The maximum absolute atomic E-state index is 5.25. The Morgan fingerprint density at radius 3 is 2.86 bits per heavy atom. The van der Waals surface area contributed by atoms with E-state index >= 15 is 0 Å². The molecule has 0 aromatic carbocycles. The minimum atomic E-state index is 0.893. The molecule has 1 rings (SSSR count). The Labute approximate surface area is 85.3 Å². The Morgan fingerprint density at radius 2 is 2.29 bits per heavy atom. The van der Waals surface area contributed by atoms with Gasteiger partial charge < -0.3 is 10.1 Å². The Bertz CT molecular complexity index is 249. The van der Waals surface area contributed by atoms with Gasteiger partial charge in [0, 0.05) is 19.5 Å². The molecule has 4 nitrogen and oxygen atoms in total. The molecule has 4 heteroatoms. The highest BCUT2D eigenvalue weighted by molar-refractivity contribution is 5.25. The van der Waals surface area contributed by atoms with Crippen molar-refractivity contribution in [3.05, 3.63) is 11.9 Å². The number of aromatic nitrogens is 2. The smallest absolute Gasteiger partial charge is 0.159 e. The monoisotopic (exact) mass is 197 g/mol. The number of hydrogen-bond donors (Lipinski definition) is 1. The first kappa shape index (κ1) is 11.0. The van der Waals surface area contributed by atoms with E-state index in [1.165, 1.54) is 5.69 Å². The molecule has 1 N–H and O–H groups in total. The third-order valence-corrected chi connectivity index (χ3v) is 2.22. The van der Waals surface area contributed by atoms with Crippen LogP contribution in [0.15, 0.2) is 6.20 Å². The summed E-state index contributed by atoms with van der Waals surface area (Å²) in [4.78, 5) is 0. The number of nitrogens with one attached hydrogen (secondary N) is 1. The minimum absolute atomic E-state index is 0.893. The number of nitrogens with zero attached hydrogens (tertiary/aromatic N) is 2. The van der Waals surface area contributed by atoms with Crippen molar-refractivity contribution in [2.45, 2.75) is 26.8 Å². The molecule has 0 saturated carbocycles. The zero-order valence-corrected chi connectivity index (χ0v) is 9.21. The van der Waals surface area contributed by atoms with Crippen LogP contribution in [-0.2, 0) is 13.0 Å². The van der Waals surface area contributed by atoms with Crippen LogP contribution in [0.1, 0.15) is 19.5 Å². The lowest BCUT2D eigenvalue weighted by atomic mass is 10.3. The summed E-state index contributed by atoms with van der Waals surface area (Å²) in [5, 5.41) is 7.54. The molecule has 14 heavy (non-hydrogen) atoms. The molecule has 80 valence electrons. The van der Waals surface area contributed by atoms with E-state index in [1.54, 1.807) is 13.3 Å². The van der Waals surface area contributed by atoms with Gasteiger partial charge in [0.2, 0.25) is 0 Å². The molecule has 0 radical (unpaired) electrons. The van der Waals surface area contributed by atoms with Crippen LogP contribution in [0.4, 0.5) is 0 Å². The first-order valence-electron chi connectivity index (χ1n) is 5.12. The van der Waals surface area contributed by atoms with E-state index in [-0.39, 0.29) is 0 Å². The standard InChI is InChI=1S/C10H19N3O/c1-4-11-7-6-9-10(14-3)8-12-13(9)5-2/h8,11H,4-7H2,1-3H3. The van der Waals surface area contributed by atoms with Gasteiger partial charge in [0.25, 0.3) is 0 Å². The summed E-state index contributed by atoms with van der Waals surface area (Å²) in [5.41, 5.74) is 1.18. The molecule has 0 amide bonds. The molecular formula is C10H19N3O. The van der Waals surface area contributed by atoms with Gasteiger partial charge in [-0.05, 0) is 13.5 Å². The molecule has 0 bridgehead atoms. The van der Waals surface area contributed by atoms with Gasteiger partial charge in [0.15, 0.2) is 5.75 Å². The lowest BCUT2D eigenvalue weighted by Crippen LogP contribution is -2.18. The molecule has 0 unspecified atom stereocenters.